The maximum absolute atomic E-state index is 10.8. The van der Waals surface area contributed by atoms with Crippen LogP contribution in [-0.2, 0) is 4.79 Å². The molecule has 0 radical (unpaired) electrons. The first-order valence-electron chi connectivity index (χ1n) is 4.02. The van der Waals surface area contributed by atoms with Crippen LogP contribution in [0.1, 0.15) is 20.8 Å². The Balaban J connectivity index is 2.89. The Bertz CT molecular complexity index is 260. The highest BCUT2D eigenvalue weighted by molar-refractivity contribution is 8.15. The van der Waals surface area contributed by atoms with Crippen LogP contribution >= 0.6 is 11.8 Å². The Morgan fingerprint density at radius 3 is 2.46 bits per heavy atom. The van der Waals surface area contributed by atoms with Gasteiger partial charge in [-0.25, -0.2) is 4.79 Å². The number of aliphatic hydroxyl groups is 1. The number of carboxylic acids is 1. The molecule has 0 saturated carbocycles. The molecule has 13 heavy (non-hydrogen) atoms. The number of carboxylic acid groups (broad SMARTS) is 1. The van der Waals surface area contributed by atoms with Crippen LogP contribution < -0.4 is 0 Å². The lowest BCUT2D eigenvalue weighted by atomic mass is 10.0. The molecule has 2 unspecified atom stereocenters. The van der Waals surface area contributed by atoms with Gasteiger partial charge in [-0.3, -0.25) is 4.99 Å². The molecule has 0 fully saturated rings. The zero-order valence-electron chi connectivity index (χ0n) is 7.81. The average Bonchev–Trinajstić information content (AvgIpc) is 2.25. The van der Waals surface area contributed by atoms with Crippen LogP contribution in [0.3, 0.4) is 0 Å². The number of nitrogens with zero attached hydrogens (tertiary/aromatic N) is 1. The van der Waals surface area contributed by atoms with Crippen molar-refractivity contribution in [2.75, 3.05) is 0 Å². The van der Waals surface area contributed by atoms with Gasteiger partial charge < -0.3 is 10.2 Å². The Kier molecular flexibility index (Phi) is 2.68. The fourth-order valence-electron chi connectivity index (χ4n) is 1.18. The molecule has 2 atom stereocenters. The van der Waals surface area contributed by atoms with Gasteiger partial charge in [-0.2, -0.15) is 0 Å². The second-order valence-corrected chi connectivity index (χ2v) is 5.26. The highest BCUT2D eigenvalue weighted by atomic mass is 32.2. The summed E-state index contributed by atoms with van der Waals surface area (Å²) >= 11 is 1.33. The van der Waals surface area contributed by atoms with Gasteiger partial charge in [-0.05, 0) is 20.8 Å². The molecular weight excluding hydrogens is 190 g/mol. The molecule has 1 aliphatic heterocycles. The van der Waals surface area contributed by atoms with Gasteiger partial charge in [0.25, 0.3) is 0 Å². The summed E-state index contributed by atoms with van der Waals surface area (Å²) < 4.78 is -0.460. The molecule has 2 N–H and O–H groups in total. The quantitative estimate of drug-likeness (QED) is 0.694. The van der Waals surface area contributed by atoms with Crippen LogP contribution in [0.2, 0.25) is 0 Å². The molecule has 0 aliphatic carbocycles. The van der Waals surface area contributed by atoms with E-state index in [2.05, 4.69) is 4.99 Å². The lowest BCUT2D eigenvalue weighted by Crippen LogP contribution is -2.34. The topological polar surface area (TPSA) is 69.9 Å². The number of hydrogen-bond donors (Lipinski definition) is 2. The predicted molar refractivity (Wildman–Crippen MR) is 52.2 cm³/mol. The van der Waals surface area contributed by atoms with Crippen molar-refractivity contribution in [1.29, 1.82) is 0 Å². The summed E-state index contributed by atoms with van der Waals surface area (Å²) in [5, 5.41) is 18.6. The van der Waals surface area contributed by atoms with E-state index >= 15 is 0 Å². The SMILES string of the molecule is CC(O)C1=NC(C(=O)O)C(C)(C)S1. The molecule has 5 heteroatoms. The molecule has 0 aromatic rings. The van der Waals surface area contributed by atoms with E-state index in [0.717, 1.165) is 0 Å². The van der Waals surface area contributed by atoms with Crippen LogP contribution in [-0.4, -0.2) is 38.1 Å². The second kappa shape index (κ2) is 3.31. The van der Waals surface area contributed by atoms with Gasteiger partial charge in [0.2, 0.25) is 0 Å². The average molecular weight is 203 g/mol. The van der Waals surface area contributed by atoms with E-state index in [-0.39, 0.29) is 0 Å². The van der Waals surface area contributed by atoms with Crippen molar-refractivity contribution in [3.63, 3.8) is 0 Å². The van der Waals surface area contributed by atoms with Crippen molar-refractivity contribution in [3.8, 4) is 0 Å². The van der Waals surface area contributed by atoms with Crippen LogP contribution in [0.15, 0.2) is 4.99 Å². The molecule has 0 bridgehead atoms. The zero-order valence-corrected chi connectivity index (χ0v) is 8.63. The number of aliphatic carboxylic acids is 1. The minimum Gasteiger partial charge on any atom is -0.480 e. The summed E-state index contributed by atoms with van der Waals surface area (Å²) in [6.45, 7) is 5.22. The first kappa shape index (κ1) is 10.5. The summed E-state index contributed by atoms with van der Waals surface area (Å²) in [7, 11) is 0. The summed E-state index contributed by atoms with van der Waals surface area (Å²) in [4.78, 5) is 14.8. The van der Waals surface area contributed by atoms with Crippen molar-refractivity contribution in [2.45, 2.75) is 37.7 Å². The van der Waals surface area contributed by atoms with Gasteiger partial charge in [0.1, 0.15) is 0 Å². The molecule has 0 amide bonds. The lowest BCUT2D eigenvalue weighted by molar-refractivity contribution is -0.138. The number of aliphatic hydroxyl groups excluding tert-OH is 1. The zero-order chi connectivity index (χ0) is 10.2. The number of rotatable bonds is 2. The van der Waals surface area contributed by atoms with E-state index in [4.69, 9.17) is 5.11 Å². The highest BCUT2D eigenvalue weighted by Gasteiger charge is 2.43. The van der Waals surface area contributed by atoms with Crippen LogP contribution in [0.4, 0.5) is 0 Å². The minimum absolute atomic E-state index is 0.460. The molecule has 1 heterocycles. The van der Waals surface area contributed by atoms with Gasteiger partial charge >= 0.3 is 5.97 Å². The third-order valence-electron chi connectivity index (χ3n) is 1.87. The molecular formula is C8H13NO3S. The van der Waals surface area contributed by atoms with Gasteiger partial charge in [-0.1, -0.05) is 11.8 Å². The Hall–Kier alpha value is -0.550. The monoisotopic (exact) mass is 203 g/mol. The van der Waals surface area contributed by atoms with E-state index < -0.39 is 22.9 Å². The first-order valence-corrected chi connectivity index (χ1v) is 4.84. The van der Waals surface area contributed by atoms with Gasteiger partial charge in [0.05, 0.1) is 11.1 Å². The van der Waals surface area contributed by atoms with Crippen molar-refractivity contribution in [3.05, 3.63) is 0 Å². The van der Waals surface area contributed by atoms with Gasteiger partial charge in [-0.15, -0.1) is 0 Å². The van der Waals surface area contributed by atoms with Crippen LogP contribution in [0.25, 0.3) is 0 Å². The van der Waals surface area contributed by atoms with E-state index in [0.29, 0.717) is 5.04 Å². The molecule has 0 aromatic carbocycles. The van der Waals surface area contributed by atoms with Gasteiger partial charge in [0, 0.05) is 4.75 Å². The van der Waals surface area contributed by atoms with Gasteiger partial charge in [0.15, 0.2) is 6.04 Å². The summed E-state index contributed by atoms with van der Waals surface area (Å²) in [6.07, 6.45) is -0.673. The van der Waals surface area contributed by atoms with E-state index in [1.807, 2.05) is 13.8 Å². The van der Waals surface area contributed by atoms with E-state index in [9.17, 15) is 9.90 Å². The Labute approximate surface area is 81.1 Å². The largest absolute Gasteiger partial charge is 0.480 e. The molecule has 1 aliphatic rings. The third-order valence-corrected chi connectivity index (χ3v) is 3.28. The molecule has 1 rings (SSSR count). The molecule has 74 valence electrons. The lowest BCUT2D eigenvalue weighted by Gasteiger charge is -2.20. The predicted octanol–water partition coefficient (Wildman–Crippen LogP) is 0.744. The number of carbonyl (C=O) groups is 1. The second-order valence-electron chi connectivity index (χ2n) is 3.59. The fourth-order valence-corrected chi connectivity index (χ4v) is 2.31. The minimum atomic E-state index is -0.937. The Morgan fingerprint density at radius 2 is 2.23 bits per heavy atom. The van der Waals surface area contributed by atoms with Crippen molar-refractivity contribution in [1.82, 2.24) is 0 Å². The molecule has 4 nitrogen and oxygen atoms in total. The van der Waals surface area contributed by atoms with Crippen molar-refractivity contribution < 1.29 is 15.0 Å². The Morgan fingerprint density at radius 1 is 1.69 bits per heavy atom. The van der Waals surface area contributed by atoms with E-state index in [1.54, 1.807) is 6.92 Å². The summed E-state index contributed by atoms with van der Waals surface area (Å²) in [5.41, 5.74) is 0. The smallest absolute Gasteiger partial charge is 0.329 e. The standard InChI is InChI=1S/C8H13NO3S/c1-4(10)6-9-5(7(11)12)8(2,3)13-6/h4-5,10H,1-3H3,(H,11,12). The summed E-state index contributed by atoms with van der Waals surface area (Å²) in [6, 6.07) is -0.748. The van der Waals surface area contributed by atoms with Crippen LogP contribution in [0.5, 0.6) is 0 Å². The highest BCUT2D eigenvalue weighted by Crippen LogP contribution is 2.38. The normalized spacial score (nSPS) is 28.3. The van der Waals surface area contributed by atoms with Crippen molar-refractivity contribution >= 4 is 22.8 Å². The first-order chi connectivity index (χ1) is 5.84. The number of aliphatic imine (C=N–C) groups is 1. The maximum Gasteiger partial charge on any atom is 0.329 e. The van der Waals surface area contributed by atoms with E-state index in [1.165, 1.54) is 11.8 Å². The number of hydrogen-bond acceptors (Lipinski definition) is 4. The van der Waals surface area contributed by atoms with Crippen LogP contribution in [0, 0.1) is 0 Å². The third kappa shape index (κ3) is 2.03. The molecule has 0 aromatic heterocycles. The summed E-state index contributed by atoms with van der Waals surface area (Å²) in [5.74, 6) is -0.937. The number of thioether (sulfide) groups is 1. The maximum atomic E-state index is 10.8. The molecule has 0 spiro atoms. The fraction of sp³-hybridized carbons (Fsp3) is 0.750. The van der Waals surface area contributed by atoms with Crippen molar-refractivity contribution in [2.24, 2.45) is 4.99 Å². The molecule has 0 saturated heterocycles.